The number of aryl methyl sites for hydroxylation is 1. The van der Waals surface area contributed by atoms with Gasteiger partial charge in [-0.2, -0.15) is 5.21 Å². The largest absolute Gasteiger partial charge is 0.481 e. The predicted octanol–water partition coefficient (Wildman–Crippen LogP) is -0.222. The van der Waals surface area contributed by atoms with Crippen molar-refractivity contribution in [1.29, 1.82) is 0 Å². The number of hydrogen-bond donors (Lipinski definition) is 3. The lowest BCUT2D eigenvalue weighted by Crippen LogP contribution is -2.32. The molecule has 3 N–H and O–H groups in total. The summed E-state index contributed by atoms with van der Waals surface area (Å²) in [7, 11) is -3.66. The molecule has 0 saturated heterocycles. The summed E-state index contributed by atoms with van der Waals surface area (Å²) in [4.78, 5) is 42.0. The van der Waals surface area contributed by atoms with E-state index in [0.29, 0.717) is 18.7 Å². The number of Topliss-reactive ketones (excluding diaryl/α,β-unsaturated/α-hetero) is 2. The van der Waals surface area contributed by atoms with Gasteiger partial charge in [0.1, 0.15) is 11.6 Å². The van der Waals surface area contributed by atoms with E-state index in [1.165, 1.54) is 13.8 Å². The molecule has 0 bridgehead atoms. The molecule has 28 heavy (non-hydrogen) atoms. The van der Waals surface area contributed by atoms with Crippen LogP contribution in [0.5, 0.6) is 0 Å². The molecule has 158 valence electrons. The molecule has 1 aromatic rings. The number of tetrazole rings is 1. The minimum Gasteiger partial charge on any atom is -0.481 e. The number of hydrogen-bond acceptors (Lipinski definition) is 9. The molecular formula is C15H25N5O7S. The lowest BCUT2D eigenvalue weighted by atomic mass is 10.2. The van der Waals surface area contributed by atoms with Crippen molar-refractivity contribution in [3.05, 3.63) is 5.82 Å². The van der Waals surface area contributed by atoms with Crippen LogP contribution in [-0.4, -0.2) is 63.3 Å². The predicted molar refractivity (Wildman–Crippen MR) is 96.5 cm³/mol. The third-order valence-electron chi connectivity index (χ3n) is 3.10. The minimum atomic E-state index is -3.66. The molecule has 0 fully saturated rings. The van der Waals surface area contributed by atoms with Crippen molar-refractivity contribution in [3.8, 4) is 0 Å². The first-order chi connectivity index (χ1) is 13.0. The Hall–Kier alpha value is -2.70. The van der Waals surface area contributed by atoms with Crippen molar-refractivity contribution in [2.45, 2.75) is 58.8 Å². The van der Waals surface area contributed by atoms with E-state index < -0.39 is 21.9 Å². The van der Waals surface area contributed by atoms with Crippen molar-refractivity contribution in [2.24, 2.45) is 0 Å². The smallest absolute Gasteiger partial charge is 0.303 e. The van der Waals surface area contributed by atoms with Gasteiger partial charge in [0.05, 0.1) is 12.2 Å². The number of nitrogens with one attached hydrogen (secondary N) is 2. The maximum Gasteiger partial charge on any atom is 0.303 e. The standard InChI is InChI=1S/C10H17N5O4S.C5H8O3/c1-8(16)4-3-7-20(18,19)13-10(17)6-2-5-9-11-14-15-12-9;1-4(6)2-3-5(7)8/h2-7H2,1H3,(H,13,17)(H,11,12,14,15);2-3H2,1H3,(H,7,8). The second-order valence-corrected chi connectivity index (χ2v) is 7.77. The normalized spacial score (nSPS) is 10.5. The Labute approximate surface area is 162 Å². The molecule has 0 saturated carbocycles. The van der Waals surface area contributed by atoms with Crippen LogP contribution in [0.1, 0.15) is 58.2 Å². The molecule has 1 amide bonds. The minimum absolute atomic E-state index is 0.0463. The number of rotatable bonds is 12. The summed E-state index contributed by atoms with van der Waals surface area (Å²) in [5, 5.41) is 21.1. The SMILES string of the molecule is CC(=O)CCC(=O)O.CC(=O)CCCS(=O)(=O)NC(=O)CCCc1nn[nH]n1. The second kappa shape index (κ2) is 13.5. The Bertz CT molecular complexity index is 733. The highest BCUT2D eigenvalue weighted by Crippen LogP contribution is 2.00. The van der Waals surface area contributed by atoms with Gasteiger partial charge in [-0.15, -0.1) is 10.2 Å². The fourth-order valence-electron chi connectivity index (χ4n) is 1.77. The summed E-state index contributed by atoms with van der Waals surface area (Å²) >= 11 is 0. The van der Waals surface area contributed by atoms with E-state index >= 15 is 0 Å². The summed E-state index contributed by atoms with van der Waals surface area (Å²) in [5.41, 5.74) is 0. The number of ketones is 2. The molecule has 0 aliphatic rings. The molecule has 12 nitrogen and oxygen atoms in total. The van der Waals surface area contributed by atoms with Crippen LogP contribution in [0.4, 0.5) is 0 Å². The van der Waals surface area contributed by atoms with E-state index in [4.69, 9.17) is 5.11 Å². The third kappa shape index (κ3) is 15.5. The van der Waals surface area contributed by atoms with Crippen LogP contribution in [0.25, 0.3) is 0 Å². The van der Waals surface area contributed by atoms with E-state index in [0.717, 1.165) is 0 Å². The van der Waals surface area contributed by atoms with Crippen LogP contribution < -0.4 is 4.72 Å². The van der Waals surface area contributed by atoms with E-state index in [1.807, 2.05) is 4.72 Å². The molecule has 0 spiro atoms. The molecule has 0 aromatic carbocycles. The first kappa shape index (κ1) is 25.3. The van der Waals surface area contributed by atoms with Gasteiger partial charge >= 0.3 is 5.97 Å². The van der Waals surface area contributed by atoms with Gasteiger partial charge in [-0.05, 0) is 26.7 Å². The number of carbonyl (C=O) groups excluding carboxylic acids is 3. The van der Waals surface area contributed by atoms with E-state index in [2.05, 4.69) is 20.6 Å². The Kier molecular flexibility index (Phi) is 12.2. The molecule has 0 radical (unpaired) electrons. The van der Waals surface area contributed by atoms with Crippen molar-refractivity contribution in [3.63, 3.8) is 0 Å². The Morgan fingerprint density at radius 2 is 1.64 bits per heavy atom. The lowest BCUT2D eigenvalue weighted by molar-refractivity contribution is -0.138. The summed E-state index contributed by atoms with van der Waals surface area (Å²) in [6.45, 7) is 2.77. The topological polar surface area (TPSA) is 189 Å². The van der Waals surface area contributed by atoms with Crippen LogP contribution in [-0.2, 0) is 35.6 Å². The van der Waals surface area contributed by atoms with Gasteiger partial charge in [0, 0.05) is 25.7 Å². The van der Waals surface area contributed by atoms with Crippen molar-refractivity contribution < 1.29 is 32.7 Å². The van der Waals surface area contributed by atoms with Crippen LogP contribution in [0, 0.1) is 0 Å². The zero-order chi connectivity index (χ0) is 21.6. The average Bonchev–Trinajstić information content (AvgIpc) is 3.05. The monoisotopic (exact) mass is 419 g/mol. The fraction of sp³-hybridized carbons (Fsp3) is 0.667. The number of H-pyrrole nitrogens is 1. The van der Waals surface area contributed by atoms with E-state index in [-0.39, 0.29) is 49.4 Å². The molecule has 0 unspecified atom stereocenters. The number of sulfonamides is 1. The second-order valence-electron chi connectivity index (χ2n) is 5.93. The number of aromatic nitrogens is 4. The number of carboxylic acids is 1. The molecule has 0 aliphatic carbocycles. The van der Waals surface area contributed by atoms with Gasteiger partial charge in [-0.1, -0.05) is 5.21 Å². The molecule has 1 heterocycles. The van der Waals surface area contributed by atoms with Crippen molar-refractivity contribution in [2.75, 3.05) is 5.75 Å². The van der Waals surface area contributed by atoms with Crippen LogP contribution in [0.15, 0.2) is 0 Å². The molecular weight excluding hydrogens is 394 g/mol. The van der Waals surface area contributed by atoms with Gasteiger partial charge in [-0.25, -0.2) is 8.42 Å². The zero-order valence-electron chi connectivity index (χ0n) is 15.8. The van der Waals surface area contributed by atoms with Gasteiger partial charge in [-0.3, -0.25) is 14.3 Å². The van der Waals surface area contributed by atoms with E-state index in [1.54, 1.807) is 0 Å². The van der Waals surface area contributed by atoms with Crippen LogP contribution in [0.2, 0.25) is 0 Å². The first-order valence-corrected chi connectivity index (χ1v) is 10.1. The van der Waals surface area contributed by atoms with Gasteiger partial charge in [0.2, 0.25) is 15.9 Å². The Balaban J connectivity index is 0.000000769. The molecule has 13 heteroatoms. The third-order valence-corrected chi connectivity index (χ3v) is 4.46. The summed E-state index contributed by atoms with van der Waals surface area (Å²) in [6.07, 6.45) is 1.42. The summed E-state index contributed by atoms with van der Waals surface area (Å²) < 4.78 is 25.0. The van der Waals surface area contributed by atoms with E-state index in [9.17, 15) is 27.6 Å². The quantitative estimate of drug-likeness (QED) is 0.408. The lowest BCUT2D eigenvalue weighted by Gasteiger charge is -2.05. The van der Waals surface area contributed by atoms with Crippen LogP contribution in [0.3, 0.4) is 0 Å². The Morgan fingerprint density at radius 3 is 2.11 bits per heavy atom. The number of nitrogens with zero attached hydrogens (tertiary/aromatic N) is 3. The molecule has 0 aliphatic heterocycles. The van der Waals surface area contributed by atoms with Crippen molar-refractivity contribution in [1.82, 2.24) is 25.3 Å². The molecule has 0 atom stereocenters. The maximum atomic E-state index is 11.5. The molecule has 1 rings (SSSR count). The fourth-order valence-corrected chi connectivity index (χ4v) is 2.84. The number of carboxylic acid groups (broad SMARTS) is 1. The highest BCUT2D eigenvalue weighted by Gasteiger charge is 2.14. The number of aromatic amines is 1. The Morgan fingerprint density at radius 1 is 1.00 bits per heavy atom. The van der Waals surface area contributed by atoms with Gasteiger partial charge in [0.25, 0.3) is 0 Å². The molecule has 1 aromatic heterocycles. The summed E-state index contributed by atoms with van der Waals surface area (Å²) in [5.74, 6) is -1.40. The zero-order valence-corrected chi connectivity index (χ0v) is 16.6. The number of amides is 1. The highest BCUT2D eigenvalue weighted by molar-refractivity contribution is 7.90. The number of aliphatic carboxylic acids is 1. The van der Waals surface area contributed by atoms with Gasteiger partial charge < -0.3 is 14.7 Å². The maximum absolute atomic E-state index is 11.5. The number of carbonyl (C=O) groups is 4. The first-order valence-electron chi connectivity index (χ1n) is 8.48. The average molecular weight is 419 g/mol. The van der Waals surface area contributed by atoms with Crippen molar-refractivity contribution >= 4 is 33.5 Å². The highest BCUT2D eigenvalue weighted by atomic mass is 32.2. The van der Waals surface area contributed by atoms with Gasteiger partial charge in [0.15, 0.2) is 5.82 Å². The summed E-state index contributed by atoms with van der Waals surface area (Å²) in [6, 6.07) is 0. The van der Waals surface area contributed by atoms with Crippen LogP contribution >= 0.6 is 0 Å².